The van der Waals surface area contributed by atoms with Crippen molar-refractivity contribution in [1.29, 1.82) is 0 Å². The first-order valence-electron chi connectivity index (χ1n) is 12.9. The quantitative estimate of drug-likeness (QED) is 0.297. The molecule has 3 aromatic rings. The number of carbonyl (C=O) groups is 2. The molecule has 0 saturated carbocycles. The van der Waals surface area contributed by atoms with Crippen molar-refractivity contribution in [3.8, 4) is 0 Å². The van der Waals surface area contributed by atoms with Crippen LogP contribution in [-0.2, 0) is 32.6 Å². The molecular formula is C30H35Cl2N3O4S. The fourth-order valence-corrected chi connectivity index (χ4v) is 5.65. The van der Waals surface area contributed by atoms with Crippen molar-refractivity contribution >= 4 is 50.7 Å². The number of halogens is 2. The maximum absolute atomic E-state index is 14.1. The van der Waals surface area contributed by atoms with Crippen molar-refractivity contribution in [2.45, 2.75) is 39.8 Å². The molecule has 0 bridgehead atoms. The van der Waals surface area contributed by atoms with Gasteiger partial charge in [0.25, 0.3) is 0 Å². The summed E-state index contributed by atoms with van der Waals surface area (Å²) >= 11 is 12.3. The lowest BCUT2D eigenvalue weighted by molar-refractivity contribution is -0.140. The van der Waals surface area contributed by atoms with Gasteiger partial charge in [0.05, 0.1) is 11.9 Å². The third-order valence-electron chi connectivity index (χ3n) is 6.30. The van der Waals surface area contributed by atoms with Gasteiger partial charge in [-0.1, -0.05) is 79.5 Å². The Morgan fingerprint density at radius 3 is 2.15 bits per heavy atom. The first-order valence-corrected chi connectivity index (χ1v) is 15.5. The lowest BCUT2D eigenvalue weighted by Gasteiger charge is -2.34. The summed E-state index contributed by atoms with van der Waals surface area (Å²) in [5.41, 5.74) is 2.52. The summed E-state index contributed by atoms with van der Waals surface area (Å²) in [5, 5.41) is 3.90. The summed E-state index contributed by atoms with van der Waals surface area (Å²) < 4.78 is 26.9. The molecule has 0 heterocycles. The fourth-order valence-electron chi connectivity index (χ4n) is 4.30. The molecule has 0 aliphatic carbocycles. The summed E-state index contributed by atoms with van der Waals surface area (Å²) in [5.74, 6) is -0.645. The highest BCUT2D eigenvalue weighted by molar-refractivity contribution is 7.92. The minimum absolute atomic E-state index is 0.0587. The Morgan fingerprint density at radius 2 is 1.55 bits per heavy atom. The molecule has 10 heteroatoms. The normalized spacial score (nSPS) is 12.2. The van der Waals surface area contributed by atoms with Gasteiger partial charge in [0.15, 0.2) is 0 Å². The Bertz CT molecular complexity index is 1430. The number of carbonyl (C=O) groups excluding carboxylic acids is 2. The summed E-state index contributed by atoms with van der Waals surface area (Å²) in [6, 6.07) is 20.3. The first-order chi connectivity index (χ1) is 18.8. The van der Waals surface area contributed by atoms with Crippen LogP contribution in [0.3, 0.4) is 0 Å². The van der Waals surface area contributed by atoms with Gasteiger partial charge in [0.1, 0.15) is 12.6 Å². The standard InChI is InChI=1S/C30H35Cl2N3O4S/c1-21(2)18-33-30(37)28(17-23-9-6-5-7-10-23)34(19-24-11-8-12-25(31)16-24)29(36)20-35(40(4,38)39)27-14-13-26(32)15-22(27)3/h5-16,21,28H,17-20H2,1-4H3,(H,33,37)/t28-/m0/s1. The van der Waals surface area contributed by atoms with E-state index >= 15 is 0 Å². The summed E-state index contributed by atoms with van der Waals surface area (Å²) in [6.07, 6.45) is 1.29. The predicted octanol–water partition coefficient (Wildman–Crippen LogP) is 5.48. The van der Waals surface area contributed by atoms with Gasteiger partial charge >= 0.3 is 0 Å². The first kappa shape index (κ1) is 31.5. The van der Waals surface area contributed by atoms with E-state index in [9.17, 15) is 18.0 Å². The minimum Gasteiger partial charge on any atom is -0.354 e. The number of sulfonamides is 1. The SMILES string of the molecule is Cc1cc(Cl)ccc1N(CC(=O)N(Cc1cccc(Cl)c1)[C@@H](Cc1ccccc1)C(=O)NCC(C)C)S(C)(=O)=O. The molecule has 214 valence electrons. The number of aryl methyl sites for hydroxylation is 1. The Hall–Kier alpha value is -3.07. The van der Waals surface area contributed by atoms with Crippen molar-refractivity contribution in [1.82, 2.24) is 10.2 Å². The van der Waals surface area contributed by atoms with Gasteiger partial charge in [0, 0.05) is 29.6 Å². The zero-order valence-corrected chi connectivity index (χ0v) is 25.4. The van der Waals surface area contributed by atoms with E-state index in [0.717, 1.165) is 16.1 Å². The van der Waals surface area contributed by atoms with Gasteiger partial charge in [-0.25, -0.2) is 8.42 Å². The van der Waals surface area contributed by atoms with E-state index in [1.165, 1.54) is 4.90 Å². The van der Waals surface area contributed by atoms with Crippen LogP contribution in [0.15, 0.2) is 72.8 Å². The number of nitrogens with one attached hydrogen (secondary N) is 1. The molecule has 2 amide bonds. The van der Waals surface area contributed by atoms with Crippen molar-refractivity contribution in [3.63, 3.8) is 0 Å². The van der Waals surface area contributed by atoms with Gasteiger partial charge in [-0.2, -0.15) is 0 Å². The predicted molar refractivity (Wildman–Crippen MR) is 162 cm³/mol. The average Bonchev–Trinajstić information content (AvgIpc) is 2.88. The number of hydrogen-bond donors (Lipinski definition) is 1. The Kier molecular flexibility index (Phi) is 11.0. The molecule has 3 aromatic carbocycles. The molecular weight excluding hydrogens is 569 g/mol. The minimum atomic E-state index is -3.87. The van der Waals surface area contributed by atoms with Crippen molar-refractivity contribution in [3.05, 3.63) is 99.5 Å². The highest BCUT2D eigenvalue weighted by atomic mass is 35.5. The maximum Gasteiger partial charge on any atom is 0.244 e. The molecule has 7 nitrogen and oxygen atoms in total. The van der Waals surface area contributed by atoms with Gasteiger partial charge in [-0.15, -0.1) is 0 Å². The molecule has 0 aromatic heterocycles. The number of anilines is 1. The molecule has 0 aliphatic heterocycles. The number of rotatable bonds is 12. The van der Waals surface area contributed by atoms with Crippen LogP contribution in [0.2, 0.25) is 10.0 Å². The van der Waals surface area contributed by atoms with Crippen molar-refractivity contribution in [2.75, 3.05) is 23.7 Å². The van der Waals surface area contributed by atoms with Crippen LogP contribution in [0.1, 0.15) is 30.5 Å². The van der Waals surface area contributed by atoms with E-state index in [1.807, 2.05) is 50.2 Å². The monoisotopic (exact) mass is 603 g/mol. The topological polar surface area (TPSA) is 86.8 Å². The van der Waals surface area contributed by atoms with Gasteiger partial charge in [0.2, 0.25) is 21.8 Å². The second-order valence-corrected chi connectivity index (χ2v) is 13.0. The zero-order valence-electron chi connectivity index (χ0n) is 23.1. The second kappa shape index (κ2) is 14.0. The van der Waals surface area contributed by atoms with Crippen LogP contribution in [0.5, 0.6) is 0 Å². The summed E-state index contributed by atoms with van der Waals surface area (Å²) in [7, 11) is -3.87. The van der Waals surface area contributed by atoms with Crippen LogP contribution >= 0.6 is 23.2 Å². The summed E-state index contributed by atoms with van der Waals surface area (Å²) in [6.45, 7) is 5.70. The van der Waals surface area contributed by atoms with Crippen molar-refractivity contribution < 1.29 is 18.0 Å². The largest absolute Gasteiger partial charge is 0.354 e. The highest BCUT2D eigenvalue weighted by Gasteiger charge is 2.33. The van der Waals surface area contributed by atoms with Crippen LogP contribution < -0.4 is 9.62 Å². The molecule has 1 atom stereocenters. The molecule has 0 saturated heterocycles. The fraction of sp³-hybridized carbons (Fsp3) is 0.333. The van der Waals surface area contributed by atoms with Crippen LogP contribution in [0.4, 0.5) is 5.69 Å². The smallest absolute Gasteiger partial charge is 0.244 e. The molecule has 40 heavy (non-hydrogen) atoms. The third-order valence-corrected chi connectivity index (χ3v) is 7.90. The average molecular weight is 605 g/mol. The summed E-state index contributed by atoms with van der Waals surface area (Å²) in [4.78, 5) is 29.2. The van der Waals surface area contributed by atoms with Gasteiger partial charge < -0.3 is 10.2 Å². The van der Waals surface area contributed by atoms with Crippen LogP contribution in [-0.4, -0.2) is 50.5 Å². The number of amides is 2. The van der Waals surface area contributed by atoms with E-state index < -0.39 is 28.5 Å². The number of benzene rings is 3. The number of hydrogen-bond acceptors (Lipinski definition) is 4. The van der Waals surface area contributed by atoms with Crippen LogP contribution in [0.25, 0.3) is 0 Å². The lowest BCUT2D eigenvalue weighted by atomic mass is 10.0. The maximum atomic E-state index is 14.1. The van der Waals surface area contributed by atoms with E-state index in [2.05, 4.69) is 5.32 Å². The Morgan fingerprint density at radius 1 is 0.900 bits per heavy atom. The van der Waals surface area contributed by atoms with Crippen molar-refractivity contribution in [2.24, 2.45) is 5.92 Å². The van der Waals surface area contributed by atoms with Gasteiger partial charge in [-0.05, 0) is 59.9 Å². The molecule has 3 rings (SSSR count). The van der Waals surface area contributed by atoms with Gasteiger partial charge in [-0.3, -0.25) is 13.9 Å². The molecule has 1 N–H and O–H groups in total. The Balaban J connectivity index is 2.07. The second-order valence-electron chi connectivity index (χ2n) is 10.2. The zero-order chi connectivity index (χ0) is 29.4. The highest BCUT2D eigenvalue weighted by Crippen LogP contribution is 2.26. The van der Waals surface area contributed by atoms with Crippen LogP contribution in [0, 0.1) is 12.8 Å². The van der Waals surface area contributed by atoms with E-state index in [0.29, 0.717) is 33.4 Å². The number of nitrogens with zero attached hydrogens (tertiary/aromatic N) is 2. The Labute approximate surface area is 247 Å². The molecule has 0 fully saturated rings. The molecule has 0 spiro atoms. The van der Waals surface area contributed by atoms with E-state index in [4.69, 9.17) is 23.2 Å². The van der Waals surface area contributed by atoms with E-state index in [1.54, 1.807) is 43.3 Å². The van der Waals surface area contributed by atoms with E-state index in [-0.39, 0.29) is 24.8 Å². The lowest BCUT2D eigenvalue weighted by Crippen LogP contribution is -2.53. The third kappa shape index (κ3) is 8.98. The molecule has 0 radical (unpaired) electrons. The molecule has 0 aliphatic rings. The molecule has 0 unspecified atom stereocenters.